The molecule has 0 unspecified atom stereocenters. The smallest absolute Gasteiger partial charge is 0.244 e. The standard InChI is InChI=1S/C31H38BrN3O4S/c1-5-26-15-9-10-17-28(26)35(40(4,38)39)22-30(36)34(21-25-14-11-16-27(32)18-25)29(31(37)33-20-23(2)3)19-24-12-7-6-8-13-24/h6-18,23,29H,5,19-22H2,1-4H3,(H,33,37)/t29-/m0/s1. The van der Waals surface area contributed by atoms with Gasteiger partial charge in [0.25, 0.3) is 0 Å². The van der Waals surface area contributed by atoms with E-state index < -0.39 is 28.5 Å². The van der Waals surface area contributed by atoms with E-state index in [9.17, 15) is 18.0 Å². The molecule has 2 amide bonds. The van der Waals surface area contributed by atoms with Crippen molar-refractivity contribution in [3.8, 4) is 0 Å². The number of para-hydroxylation sites is 1. The molecule has 0 saturated carbocycles. The number of halogens is 1. The minimum absolute atomic E-state index is 0.137. The molecule has 7 nitrogen and oxygen atoms in total. The number of rotatable bonds is 13. The molecule has 0 saturated heterocycles. The summed E-state index contributed by atoms with van der Waals surface area (Å²) in [6.45, 7) is 6.13. The number of nitrogens with zero attached hydrogens (tertiary/aromatic N) is 2. The van der Waals surface area contributed by atoms with Crippen LogP contribution in [-0.2, 0) is 39.0 Å². The second-order valence-electron chi connectivity index (χ2n) is 10.2. The Morgan fingerprint density at radius 3 is 2.20 bits per heavy atom. The van der Waals surface area contributed by atoms with Crippen molar-refractivity contribution in [2.45, 2.75) is 46.2 Å². The topological polar surface area (TPSA) is 86.8 Å². The Bertz CT molecular complexity index is 1400. The fourth-order valence-electron chi connectivity index (χ4n) is 4.46. The molecular weight excluding hydrogens is 590 g/mol. The lowest BCUT2D eigenvalue weighted by molar-refractivity contribution is -0.140. The molecule has 0 spiro atoms. The number of carbonyl (C=O) groups is 2. The predicted octanol–water partition coefficient (Wildman–Crippen LogP) is 5.19. The van der Waals surface area contributed by atoms with Crippen LogP contribution in [0.25, 0.3) is 0 Å². The molecule has 0 aromatic heterocycles. The molecule has 0 aliphatic rings. The van der Waals surface area contributed by atoms with Crippen LogP contribution in [0.5, 0.6) is 0 Å². The van der Waals surface area contributed by atoms with Gasteiger partial charge in [0.05, 0.1) is 11.9 Å². The van der Waals surface area contributed by atoms with E-state index in [1.165, 1.54) is 4.90 Å². The van der Waals surface area contributed by atoms with Crippen LogP contribution in [0.4, 0.5) is 5.69 Å². The molecule has 0 aliphatic carbocycles. The number of amides is 2. The number of aryl methyl sites for hydroxylation is 1. The molecule has 0 bridgehead atoms. The van der Waals surface area contributed by atoms with Gasteiger partial charge in [-0.1, -0.05) is 97.4 Å². The fourth-order valence-corrected chi connectivity index (χ4v) is 5.78. The minimum atomic E-state index is -3.81. The van der Waals surface area contributed by atoms with E-state index in [0.29, 0.717) is 18.7 Å². The molecule has 3 rings (SSSR count). The zero-order valence-corrected chi connectivity index (χ0v) is 25.9. The molecule has 0 radical (unpaired) electrons. The number of nitrogens with one attached hydrogen (secondary N) is 1. The van der Waals surface area contributed by atoms with Crippen LogP contribution in [0.2, 0.25) is 0 Å². The zero-order valence-electron chi connectivity index (χ0n) is 23.5. The third-order valence-electron chi connectivity index (χ3n) is 6.52. The van der Waals surface area contributed by atoms with Crippen LogP contribution in [-0.4, -0.2) is 50.5 Å². The van der Waals surface area contributed by atoms with E-state index in [2.05, 4.69) is 21.2 Å². The van der Waals surface area contributed by atoms with Crippen LogP contribution >= 0.6 is 15.9 Å². The normalized spacial score (nSPS) is 12.2. The molecule has 0 heterocycles. The Hall–Kier alpha value is -3.17. The fraction of sp³-hybridized carbons (Fsp3) is 0.355. The van der Waals surface area contributed by atoms with E-state index in [-0.39, 0.29) is 24.8 Å². The van der Waals surface area contributed by atoms with Gasteiger partial charge in [-0.05, 0) is 47.2 Å². The molecule has 0 fully saturated rings. The molecule has 40 heavy (non-hydrogen) atoms. The third-order valence-corrected chi connectivity index (χ3v) is 8.14. The Balaban J connectivity index is 2.07. The average molecular weight is 629 g/mol. The Labute approximate surface area is 246 Å². The summed E-state index contributed by atoms with van der Waals surface area (Å²) in [7, 11) is -3.81. The molecule has 0 aliphatic heterocycles. The van der Waals surface area contributed by atoms with Gasteiger partial charge < -0.3 is 10.2 Å². The highest BCUT2D eigenvalue weighted by Gasteiger charge is 2.33. The van der Waals surface area contributed by atoms with Gasteiger partial charge in [-0.15, -0.1) is 0 Å². The number of carbonyl (C=O) groups excluding carboxylic acids is 2. The first-order valence-corrected chi connectivity index (χ1v) is 16.0. The summed E-state index contributed by atoms with van der Waals surface area (Å²) in [4.78, 5) is 29.3. The molecule has 9 heteroatoms. The van der Waals surface area contributed by atoms with Crippen LogP contribution in [0, 0.1) is 5.92 Å². The summed E-state index contributed by atoms with van der Waals surface area (Å²) in [5.41, 5.74) is 3.00. The maximum Gasteiger partial charge on any atom is 0.244 e. The second-order valence-corrected chi connectivity index (χ2v) is 13.1. The van der Waals surface area contributed by atoms with Gasteiger partial charge in [0.15, 0.2) is 0 Å². The van der Waals surface area contributed by atoms with Crippen LogP contribution in [0.3, 0.4) is 0 Å². The van der Waals surface area contributed by atoms with Crippen molar-refractivity contribution in [1.82, 2.24) is 10.2 Å². The summed E-state index contributed by atoms with van der Waals surface area (Å²) in [5, 5.41) is 2.99. The highest BCUT2D eigenvalue weighted by molar-refractivity contribution is 9.10. The van der Waals surface area contributed by atoms with Crippen molar-refractivity contribution in [3.05, 3.63) is 100 Å². The maximum absolute atomic E-state index is 14.2. The molecule has 3 aromatic carbocycles. The highest BCUT2D eigenvalue weighted by atomic mass is 79.9. The first-order chi connectivity index (χ1) is 19.0. The van der Waals surface area contributed by atoms with Gasteiger partial charge >= 0.3 is 0 Å². The number of hydrogen-bond acceptors (Lipinski definition) is 4. The van der Waals surface area contributed by atoms with E-state index in [1.807, 2.05) is 87.5 Å². The number of hydrogen-bond donors (Lipinski definition) is 1. The van der Waals surface area contributed by atoms with Gasteiger partial charge in [0.1, 0.15) is 12.6 Å². The second kappa shape index (κ2) is 14.5. The van der Waals surface area contributed by atoms with Crippen molar-refractivity contribution < 1.29 is 18.0 Å². The summed E-state index contributed by atoms with van der Waals surface area (Å²) in [6, 6.07) is 23.4. The van der Waals surface area contributed by atoms with Gasteiger partial charge in [0.2, 0.25) is 21.8 Å². The number of benzene rings is 3. The summed E-state index contributed by atoms with van der Waals surface area (Å²) in [6.07, 6.45) is 1.99. The average Bonchev–Trinajstić information content (AvgIpc) is 2.92. The van der Waals surface area contributed by atoms with Gasteiger partial charge in [-0.3, -0.25) is 13.9 Å². The van der Waals surface area contributed by atoms with Crippen LogP contribution < -0.4 is 9.62 Å². The Morgan fingerprint density at radius 2 is 1.57 bits per heavy atom. The summed E-state index contributed by atoms with van der Waals surface area (Å²) in [5.74, 6) is -0.514. The lowest BCUT2D eigenvalue weighted by Gasteiger charge is -2.34. The van der Waals surface area contributed by atoms with Gasteiger partial charge in [0, 0.05) is 24.0 Å². The van der Waals surface area contributed by atoms with E-state index in [1.54, 1.807) is 12.1 Å². The molecule has 1 atom stereocenters. The summed E-state index contributed by atoms with van der Waals surface area (Å²) < 4.78 is 28.0. The minimum Gasteiger partial charge on any atom is -0.354 e. The van der Waals surface area contributed by atoms with Crippen molar-refractivity contribution in [2.24, 2.45) is 5.92 Å². The maximum atomic E-state index is 14.2. The first-order valence-electron chi connectivity index (χ1n) is 13.4. The lowest BCUT2D eigenvalue weighted by atomic mass is 10.0. The molecule has 3 aromatic rings. The van der Waals surface area contributed by atoms with Crippen molar-refractivity contribution in [3.63, 3.8) is 0 Å². The SMILES string of the molecule is CCc1ccccc1N(CC(=O)N(Cc1cccc(Br)c1)[C@@H](Cc1ccccc1)C(=O)NCC(C)C)S(C)(=O)=O. The van der Waals surface area contributed by atoms with Crippen molar-refractivity contribution in [2.75, 3.05) is 23.7 Å². The van der Waals surface area contributed by atoms with E-state index >= 15 is 0 Å². The van der Waals surface area contributed by atoms with Crippen LogP contribution in [0.15, 0.2) is 83.3 Å². The monoisotopic (exact) mass is 627 g/mol. The van der Waals surface area contributed by atoms with Gasteiger partial charge in [-0.25, -0.2) is 8.42 Å². The van der Waals surface area contributed by atoms with Crippen molar-refractivity contribution in [1.29, 1.82) is 0 Å². The van der Waals surface area contributed by atoms with E-state index in [0.717, 1.165) is 31.7 Å². The predicted molar refractivity (Wildman–Crippen MR) is 164 cm³/mol. The quantitative estimate of drug-likeness (QED) is 0.283. The third kappa shape index (κ3) is 8.93. The first kappa shape index (κ1) is 31.4. The zero-order chi connectivity index (χ0) is 29.3. The molecule has 1 N–H and O–H groups in total. The molecular formula is C31H38BrN3O4S. The van der Waals surface area contributed by atoms with Gasteiger partial charge in [-0.2, -0.15) is 0 Å². The lowest BCUT2D eigenvalue weighted by Crippen LogP contribution is -2.53. The molecule has 214 valence electrons. The summed E-state index contributed by atoms with van der Waals surface area (Å²) >= 11 is 3.49. The number of anilines is 1. The Kier molecular flexibility index (Phi) is 11.3. The highest BCUT2D eigenvalue weighted by Crippen LogP contribution is 2.25. The largest absolute Gasteiger partial charge is 0.354 e. The Morgan fingerprint density at radius 1 is 0.925 bits per heavy atom. The van der Waals surface area contributed by atoms with Crippen molar-refractivity contribution >= 4 is 43.5 Å². The number of sulfonamides is 1. The van der Waals surface area contributed by atoms with E-state index in [4.69, 9.17) is 0 Å². The van der Waals surface area contributed by atoms with Crippen LogP contribution in [0.1, 0.15) is 37.5 Å².